The van der Waals surface area contributed by atoms with Crippen molar-refractivity contribution in [1.82, 2.24) is 0 Å². The summed E-state index contributed by atoms with van der Waals surface area (Å²) in [4.78, 5) is 23.4. The third-order valence-electron chi connectivity index (χ3n) is 2.97. The van der Waals surface area contributed by atoms with Crippen molar-refractivity contribution < 1.29 is 19.1 Å². The highest BCUT2D eigenvalue weighted by Gasteiger charge is 2.28. The van der Waals surface area contributed by atoms with Crippen molar-refractivity contribution in [1.29, 1.82) is 0 Å². The van der Waals surface area contributed by atoms with Crippen molar-refractivity contribution >= 4 is 28.2 Å². The Labute approximate surface area is 124 Å². The number of benzene rings is 1. The van der Waals surface area contributed by atoms with Gasteiger partial charge in [0.25, 0.3) is 11.8 Å². The average Bonchev–Trinajstić information content (AvgIpc) is 2.95. The fraction of sp³-hybridized carbons (Fsp3) is 0.143. The van der Waals surface area contributed by atoms with E-state index in [4.69, 9.17) is 15.2 Å². The van der Waals surface area contributed by atoms with Crippen LogP contribution in [0.2, 0.25) is 0 Å². The SMILES string of the molecule is NC(=O)c1ccsc1NC(=O)[C@@H]1COc2ccccc2O1. The monoisotopic (exact) mass is 304 g/mol. The molecular formula is C14H12N2O4S. The fourth-order valence-corrected chi connectivity index (χ4v) is 2.74. The lowest BCUT2D eigenvalue weighted by Gasteiger charge is -2.25. The predicted octanol–water partition coefficient (Wildman–Crippen LogP) is 1.63. The number of anilines is 1. The smallest absolute Gasteiger partial charge is 0.269 e. The highest BCUT2D eigenvalue weighted by atomic mass is 32.1. The number of carbonyl (C=O) groups excluding carboxylic acids is 2. The zero-order chi connectivity index (χ0) is 14.8. The maximum absolute atomic E-state index is 12.2. The van der Waals surface area contributed by atoms with Gasteiger partial charge in [-0.05, 0) is 23.6 Å². The number of primary amides is 1. The first-order chi connectivity index (χ1) is 10.1. The molecular weight excluding hydrogens is 292 g/mol. The second kappa shape index (κ2) is 5.45. The van der Waals surface area contributed by atoms with Crippen LogP contribution < -0.4 is 20.5 Å². The van der Waals surface area contributed by atoms with Crippen LogP contribution >= 0.6 is 11.3 Å². The number of amides is 2. The first kappa shape index (κ1) is 13.4. The summed E-state index contributed by atoms with van der Waals surface area (Å²) in [6, 6.07) is 8.69. The van der Waals surface area contributed by atoms with E-state index in [0.29, 0.717) is 16.5 Å². The number of ether oxygens (including phenoxy) is 2. The van der Waals surface area contributed by atoms with Crippen molar-refractivity contribution in [2.24, 2.45) is 5.73 Å². The molecule has 108 valence electrons. The summed E-state index contributed by atoms with van der Waals surface area (Å²) in [7, 11) is 0. The molecule has 1 aliphatic rings. The Morgan fingerprint density at radius 1 is 1.24 bits per heavy atom. The van der Waals surface area contributed by atoms with Crippen molar-refractivity contribution in [3.8, 4) is 11.5 Å². The van der Waals surface area contributed by atoms with Crippen LogP contribution in [0.4, 0.5) is 5.00 Å². The Morgan fingerprint density at radius 3 is 2.76 bits per heavy atom. The van der Waals surface area contributed by atoms with Gasteiger partial charge in [0.2, 0.25) is 6.10 Å². The second-order valence-corrected chi connectivity index (χ2v) is 5.30. The number of hydrogen-bond acceptors (Lipinski definition) is 5. The van der Waals surface area contributed by atoms with Crippen LogP contribution in [0.25, 0.3) is 0 Å². The van der Waals surface area contributed by atoms with Crippen LogP contribution in [-0.2, 0) is 4.79 Å². The maximum Gasteiger partial charge on any atom is 0.269 e. The first-order valence-corrected chi connectivity index (χ1v) is 7.10. The van der Waals surface area contributed by atoms with E-state index in [9.17, 15) is 9.59 Å². The number of hydrogen-bond donors (Lipinski definition) is 2. The molecule has 1 aromatic heterocycles. The normalized spacial score (nSPS) is 16.3. The third kappa shape index (κ3) is 2.68. The minimum atomic E-state index is -0.775. The zero-order valence-corrected chi connectivity index (χ0v) is 11.7. The largest absolute Gasteiger partial charge is 0.485 e. The number of nitrogens with one attached hydrogen (secondary N) is 1. The summed E-state index contributed by atoms with van der Waals surface area (Å²) < 4.78 is 11.1. The molecule has 1 aliphatic heterocycles. The van der Waals surface area contributed by atoms with Gasteiger partial charge in [-0.1, -0.05) is 12.1 Å². The molecule has 2 aromatic rings. The summed E-state index contributed by atoms with van der Waals surface area (Å²) in [6.07, 6.45) is -0.775. The summed E-state index contributed by atoms with van der Waals surface area (Å²) in [5.74, 6) is 0.160. The van der Waals surface area contributed by atoms with Crippen LogP contribution in [0.1, 0.15) is 10.4 Å². The first-order valence-electron chi connectivity index (χ1n) is 6.22. The van der Waals surface area contributed by atoms with Crippen molar-refractivity contribution in [3.63, 3.8) is 0 Å². The average molecular weight is 304 g/mol. The second-order valence-electron chi connectivity index (χ2n) is 4.38. The minimum absolute atomic E-state index is 0.111. The quantitative estimate of drug-likeness (QED) is 0.901. The molecule has 2 amide bonds. The molecule has 0 fully saturated rings. The number of nitrogens with two attached hydrogens (primary N) is 1. The van der Waals surface area contributed by atoms with E-state index in [0.717, 1.165) is 0 Å². The zero-order valence-electron chi connectivity index (χ0n) is 10.9. The molecule has 7 heteroatoms. The van der Waals surface area contributed by atoms with E-state index in [2.05, 4.69) is 5.32 Å². The van der Waals surface area contributed by atoms with Gasteiger partial charge in [-0.25, -0.2) is 0 Å². The molecule has 0 aliphatic carbocycles. The van der Waals surface area contributed by atoms with Gasteiger partial charge in [-0.3, -0.25) is 9.59 Å². The molecule has 3 rings (SSSR count). The topological polar surface area (TPSA) is 90.7 Å². The Bertz CT molecular complexity index is 698. The molecule has 0 unspecified atom stereocenters. The van der Waals surface area contributed by atoms with Crippen LogP contribution in [0.15, 0.2) is 35.7 Å². The number of rotatable bonds is 3. The highest BCUT2D eigenvalue weighted by Crippen LogP contribution is 2.31. The summed E-state index contributed by atoms with van der Waals surface area (Å²) in [6.45, 7) is 0.111. The molecule has 1 atom stereocenters. The minimum Gasteiger partial charge on any atom is -0.485 e. The van der Waals surface area contributed by atoms with Crippen LogP contribution in [-0.4, -0.2) is 24.5 Å². The van der Waals surface area contributed by atoms with Gasteiger partial charge in [0.05, 0.1) is 5.56 Å². The molecule has 6 nitrogen and oxygen atoms in total. The Balaban J connectivity index is 1.72. The molecule has 0 saturated heterocycles. The molecule has 1 aromatic carbocycles. The van der Waals surface area contributed by atoms with E-state index in [1.807, 2.05) is 6.07 Å². The van der Waals surface area contributed by atoms with Gasteiger partial charge in [0.15, 0.2) is 11.5 Å². The molecule has 0 spiro atoms. The summed E-state index contributed by atoms with van der Waals surface area (Å²) >= 11 is 1.23. The van der Waals surface area contributed by atoms with Gasteiger partial charge >= 0.3 is 0 Å². The van der Waals surface area contributed by atoms with Gasteiger partial charge in [-0.15, -0.1) is 11.3 Å². The lowest BCUT2D eigenvalue weighted by atomic mass is 10.2. The summed E-state index contributed by atoms with van der Waals surface area (Å²) in [5.41, 5.74) is 5.52. The molecule has 0 radical (unpaired) electrons. The van der Waals surface area contributed by atoms with Crippen molar-refractivity contribution in [3.05, 3.63) is 41.3 Å². The number of fused-ring (bicyclic) bond motifs is 1. The molecule has 21 heavy (non-hydrogen) atoms. The Hall–Kier alpha value is -2.54. The van der Waals surface area contributed by atoms with E-state index in [1.54, 1.807) is 29.6 Å². The molecule has 0 bridgehead atoms. The number of carbonyl (C=O) groups is 2. The molecule has 0 saturated carbocycles. The number of thiophene rings is 1. The summed E-state index contributed by atoms with van der Waals surface area (Å²) in [5, 5.41) is 4.74. The van der Waals surface area contributed by atoms with E-state index < -0.39 is 12.0 Å². The number of para-hydroxylation sites is 2. The molecule has 3 N–H and O–H groups in total. The van der Waals surface area contributed by atoms with Crippen molar-refractivity contribution in [2.75, 3.05) is 11.9 Å². The lowest BCUT2D eigenvalue weighted by molar-refractivity contribution is -0.125. The Kier molecular flexibility index (Phi) is 3.49. The van der Waals surface area contributed by atoms with Gasteiger partial charge < -0.3 is 20.5 Å². The van der Waals surface area contributed by atoms with Crippen LogP contribution in [0.3, 0.4) is 0 Å². The third-order valence-corrected chi connectivity index (χ3v) is 3.80. The van der Waals surface area contributed by atoms with Gasteiger partial charge in [-0.2, -0.15) is 0 Å². The van der Waals surface area contributed by atoms with Crippen molar-refractivity contribution in [2.45, 2.75) is 6.10 Å². The maximum atomic E-state index is 12.2. The predicted molar refractivity (Wildman–Crippen MR) is 77.8 cm³/mol. The van der Waals surface area contributed by atoms with Crippen LogP contribution in [0.5, 0.6) is 11.5 Å². The standard InChI is InChI=1S/C14H12N2O4S/c15-12(17)8-5-6-21-14(8)16-13(18)11-7-19-9-3-1-2-4-10(9)20-11/h1-6,11H,7H2,(H2,15,17)(H,16,18)/t11-/m0/s1. The molecule has 2 heterocycles. The van der Waals surface area contributed by atoms with Crippen LogP contribution in [0, 0.1) is 0 Å². The van der Waals surface area contributed by atoms with E-state index >= 15 is 0 Å². The fourth-order valence-electron chi connectivity index (χ4n) is 1.94. The highest BCUT2D eigenvalue weighted by molar-refractivity contribution is 7.14. The lowest BCUT2D eigenvalue weighted by Crippen LogP contribution is -2.40. The van der Waals surface area contributed by atoms with Gasteiger partial charge in [0, 0.05) is 0 Å². The van der Waals surface area contributed by atoms with Gasteiger partial charge in [0.1, 0.15) is 11.6 Å². The Morgan fingerprint density at radius 2 is 2.00 bits per heavy atom. The van der Waals surface area contributed by atoms with E-state index in [1.165, 1.54) is 11.3 Å². The van der Waals surface area contributed by atoms with E-state index in [-0.39, 0.29) is 18.1 Å².